The summed E-state index contributed by atoms with van der Waals surface area (Å²) in [6.07, 6.45) is -1.68. The van der Waals surface area contributed by atoms with E-state index in [0.717, 1.165) is 11.1 Å². The number of benzene rings is 2. The van der Waals surface area contributed by atoms with Crippen LogP contribution in [-0.2, 0) is 35.2 Å². The average molecular weight is 476 g/mol. The molecule has 2 aromatic carbocycles. The molecule has 0 spiro atoms. The van der Waals surface area contributed by atoms with E-state index in [0.29, 0.717) is 0 Å². The molecule has 0 radical (unpaired) electrons. The Hall–Kier alpha value is -2.91. The van der Waals surface area contributed by atoms with Crippen molar-refractivity contribution >= 4 is 22.2 Å². The van der Waals surface area contributed by atoms with Gasteiger partial charge in [-0.05, 0) is 45.4 Å². The van der Waals surface area contributed by atoms with Crippen LogP contribution in [0.2, 0.25) is 0 Å². The van der Waals surface area contributed by atoms with Crippen LogP contribution < -0.4 is 0 Å². The Morgan fingerprint density at radius 3 is 2.27 bits per heavy atom. The third-order valence-electron chi connectivity index (χ3n) is 4.96. The van der Waals surface area contributed by atoms with Crippen molar-refractivity contribution in [2.45, 2.75) is 63.4 Å². The number of esters is 1. The van der Waals surface area contributed by atoms with E-state index in [1.54, 1.807) is 32.9 Å². The summed E-state index contributed by atoms with van der Waals surface area (Å²) in [6.45, 7) is 6.88. The molecule has 1 saturated heterocycles. The summed E-state index contributed by atoms with van der Waals surface area (Å²) < 4.78 is 41.7. The number of likely N-dealkylation sites (tertiary alicyclic amines) is 1. The predicted molar refractivity (Wildman–Crippen MR) is 121 cm³/mol. The van der Waals surface area contributed by atoms with Gasteiger partial charge in [-0.3, -0.25) is 9.08 Å². The molecule has 0 bridgehead atoms. The molecule has 3 rings (SSSR count). The van der Waals surface area contributed by atoms with Gasteiger partial charge in [0.05, 0.1) is 17.5 Å². The predicted octanol–water partition coefficient (Wildman–Crippen LogP) is 3.82. The third-order valence-corrected chi connectivity index (χ3v) is 6.33. The zero-order valence-corrected chi connectivity index (χ0v) is 20.0. The van der Waals surface area contributed by atoms with Gasteiger partial charge >= 0.3 is 12.1 Å². The molecule has 33 heavy (non-hydrogen) atoms. The minimum atomic E-state index is -4.08. The lowest BCUT2D eigenvalue weighted by molar-refractivity contribution is -0.150. The van der Waals surface area contributed by atoms with Gasteiger partial charge in [-0.25, -0.2) is 9.59 Å². The lowest BCUT2D eigenvalue weighted by atomic mass is 10.2. The van der Waals surface area contributed by atoms with Gasteiger partial charge in [0.15, 0.2) is 0 Å². The van der Waals surface area contributed by atoms with Crippen LogP contribution in [0.5, 0.6) is 0 Å². The number of carbonyl (C=O) groups excluding carboxylic acids is 2. The summed E-state index contributed by atoms with van der Waals surface area (Å²) >= 11 is 0. The number of amides is 1. The minimum absolute atomic E-state index is 0.00650. The molecular weight excluding hydrogens is 446 g/mol. The third kappa shape index (κ3) is 6.79. The van der Waals surface area contributed by atoms with Crippen molar-refractivity contribution in [2.75, 3.05) is 6.54 Å². The fourth-order valence-corrected chi connectivity index (χ4v) is 4.46. The molecule has 2 atom stereocenters. The largest absolute Gasteiger partial charge is 0.459 e. The Balaban J connectivity index is 1.75. The van der Waals surface area contributed by atoms with Gasteiger partial charge in [0.25, 0.3) is 10.1 Å². The highest BCUT2D eigenvalue weighted by molar-refractivity contribution is 7.86. The van der Waals surface area contributed by atoms with Crippen LogP contribution in [0.25, 0.3) is 0 Å². The van der Waals surface area contributed by atoms with E-state index in [9.17, 15) is 18.0 Å². The highest BCUT2D eigenvalue weighted by atomic mass is 32.2. The first kappa shape index (κ1) is 24.7. The van der Waals surface area contributed by atoms with Crippen LogP contribution in [0, 0.1) is 6.92 Å². The van der Waals surface area contributed by atoms with Crippen LogP contribution >= 0.6 is 0 Å². The number of hydrogen-bond donors (Lipinski definition) is 0. The molecule has 9 heteroatoms. The quantitative estimate of drug-likeness (QED) is 0.463. The molecule has 0 saturated carbocycles. The van der Waals surface area contributed by atoms with Crippen molar-refractivity contribution in [1.82, 2.24) is 4.90 Å². The summed E-state index contributed by atoms with van der Waals surface area (Å²) in [6, 6.07) is 14.3. The summed E-state index contributed by atoms with van der Waals surface area (Å²) in [5, 5.41) is 0. The second-order valence-electron chi connectivity index (χ2n) is 8.96. The monoisotopic (exact) mass is 475 g/mol. The maximum Gasteiger partial charge on any atom is 0.411 e. The molecular formula is C24H29NO7S. The van der Waals surface area contributed by atoms with E-state index in [-0.39, 0.29) is 24.5 Å². The first-order chi connectivity index (χ1) is 15.4. The molecule has 2 aromatic rings. The molecule has 8 nitrogen and oxygen atoms in total. The average Bonchev–Trinajstić information content (AvgIpc) is 3.15. The summed E-state index contributed by atoms with van der Waals surface area (Å²) in [7, 11) is -4.08. The van der Waals surface area contributed by atoms with Crippen LogP contribution in [0.3, 0.4) is 0 Å². The first-order valence-corrected chi connectivity index (χ1v) is 12.1. The fourth-order valence-electron chi connectivity index (χ4n) is 3.38. The number of hydrogen-bond acceptors (Lipinski definition) is 7. The van der Waals surface area contributed by atoms with E-state index < -0.39 is 39.9 Å². The number of carbonyl (C=O) groups is 2. The van der Waals surface area contributed by atoms with Gasteiger partial charge in [-0.1, -0.05) is 48.0 Å². The van der Waals surface area contributed by atoms with E-state index in [2.05, 4.69) is 0 Å². The maximum atomic E-state index is 12.8. The Morgan fingerprint density at radius 2 is 1.67 bits per heavy atom. The topological polar surface area (TPSA) is 99.2 Å². The van der Waals surface area contributed by atoms with Crippen molar-refractivity contribution in [3.63, 3.8) is 0 Å². The smallest absolute Gasteiger partial charge is 0.411 e. The number of nitrogens with zero attached hydrogens (tertiary/aromatic N) is 1. The zero-order chi connectivity index (χ0) is 24.2. The highest BCUT2D eigenvalue weighted by Gasteiger charge is 2.44. The fraction of sp³-hybridized carbons (Fsp3) is 0.417. The molecule has 1 aliphatic rings. The van der Waals surface area contributed by atoms with Gasteiger partial charge < -0.3 is 9.47 Å². The summed E-state index contributed by atoms with van der Waals surface area (Å²) in [4.78, 5) is 26.8. The van der Waals surface area contributed by atoms with E-state index in [1.807, 2.05) is 37.3 Å². The number of ether oxygens (including phenoxy) is 2. The second kappa shape index (κ2) is 9.93. The Labute approximate surface area is 194 Å². The van der Waals surface area contributed by atoms with Crippen molar-refractivity contribution in [3.8, 4) is 0 Å². The second-order valence-corrected chi connectivity index (χ2v) is 10.5. The van der Waals surface area contributed by atoms with Crippen LogP contribution in [0.4, 0.5) is 4.79 Å². The summed E-state index contributed by atoms with van der Waals surface area (Å²) in [5.74, 6) is -0.649. The van der Waals surface area contributed by atoms with Gasteiger partial charge in [0.2, 0.25) is 0 Å². The lowest BCUT2D eigenvalue weighted by Gasteiger charge is -2.27. The first-order valence-electron chi connectivity index (χ1n) is 10.6. The molecule has 1 aliphatic heterocycles. The molecule has 0 N–H and O–H groups in total. The zero-order valence-electron chi connectivity index (χ0n) is 19.2. The van der Waals surface area contributed by atoms with Crippen molar-refractivity contribution in [2.24, 2.45) is 0 Å². The summed E-state index contributed by atoms with van der Waals surface area (Å²) in [5.41, 5.74) is 0.914. The van der Waals surface area contributed by atoms with Gasteiger partial charge in [0.1, 0.15) is 18.2 Å². The van der Waals surface area contributed by atoms with Crippen molar-refractivity contribution < 1.29 is 31.7 Å². The molecule has 1 fully saturated rings. The number of rotatable bonds is 6. The molecule has 178 valence electrons. The van der Waals surface area contributed by atoms with Crippen molar-refractivity contribution in [3.05, 3.63) is 65.7 Å². The normalized spacial score (nSPS) is 18.7. The van der Waals surface area contributed by atoms with E-state index >= 15 is 0 Å². The van der Waals surface area contributed by atoms with Crippen LogP contribution in [-0.4, -0.2) is 49.7 Å². The molecule has 0 aromatic heterocycles. The van der Waals surface area contributed by atoms with E-state index in [1.165, 1.54) is 17.0 Å². The minimum Gasteiger partial charge on any atom is -0.459 e. The lowest BCUT2D eigenvalue weighted by Crippen LogP contribution is -2.44. The van der Waals surface area contributed by atoms with E-state index in [4.69, 9.17) is 13.7 Å². The highest BCUT2D eigenvalue weighted by Crippen LogP contribution is 2.27. The van der Waals surface area contributed by atoms with Crippen molar-refractivity contribution in [1.29, 1.82) is 0 Å². The van der Waals surface area contributed by atoms with Crippen LogP contribution in [0.15, 0.2) is 59.5 Å². The molecule has 1 amide bonds. The Morgan fingerprint density at radius 1 is 1.03 bits per heavy atom. The standard InChI is InChI=1S/C24H29NO7S/c1-17-10-12-20(13-11-17)33(28,29)32-19-14-21(25(15-19)23(27)31-24(2,3)4)22(26)30-16-18-8-6-5-7-9-18/h5-13,19,21H,14-16H2,1-4H3/t19-,21-/m0/s1. The maximum absolute atomic E-state index is 12.8. The molecule has 0 aliphatic carbocycles. The Bertz CT molecular complexity index is 1080. The number of aryl methyl sites for hydroxylation is 1. The van der Waals surface area contributed by atoms with Gasteiger partial charge in [-0.15, -0.1) is 0 Å². The molecule has 0 unspecified atom stereocenters. The molecule has 1 heterocycles. The van der Waals surface area contributed by atoms with Gasteiger partial charge in [-0.2, -0.15) is 8.42 Å². The van der Waals surface area contributed by atoms with Crippen LogP contribution in [0.1, 0.15) is 38.3 Å². The van der Waals surface area contributed by atoms with Gasteiger partial charge in [0, 0.05) is 6.42 Å². The Kier molecular flexibility index (Phi) is 7.44. The SMILES string of the molecule is Cc1ccc(S(=O)(=O)O[C@H]2C[C@@H](C(=O)OCc3ccccc3)N(C(=O)OC(C)(C)C)C2)cc1.